The normalized spacial score (nSPS) is 36.1. The van der Waals surface area contributed by atoms with Crippen LogP contribution in [0.4, 0.5) is 0 Å². The van der Waals surface area contributed by atoms with E-state index in [-0.39, 0.29) is 5.75 Å². The number of aliphatic hydroxyl groups excluding tert-OH is 1. The summed E-state index contributed by atoms with van der Waals surface area (Å²) in [6, 6.07) is 0. The molecule has 0 spiro atoms. The summed E-state index contributed by atoms with van der Waals surface area (Å²) in [6.07, 6.45) is -0.282. The van der Waals surface area contributed by atoms with Gasteiger partial charge in [-0.3, -0.25) is 0 Å². The third kappa shape index (κ3) is 1.06. The van der Waals surface area contributed by atoms with E-state index in [9.17, 15) is 8.42 Å². The van der Waals surface area contributed by atoms with Crippen molar-refractivity contribution in [2.45, 2.75) is 31.1 Å². The first kappa shape index (κ1) is 8.01. The maximum absolute atomic E-state index is 11.1. The number of hydrogen-bond acceptors (Lipinski definition) is 3. The average Bonchev–Trinajstić information content (AvgIpc) is 1.73. The fourth-order valence-corrected chi connectivity index (χ4v) is 2.75. The van der Waals surface area contributed by atoms with Crippen molar-refractivity contribution in [3.8, 4) is 0 Å². The molecule has 10 heavy (non-hydrogen) atoms. The Morgan fingerprint density at radius 2 is 2.00 bits per heavy atom. The van der Waals surface area contributed by atoms with E-state index in [1.165, 1.54) is 0 Å². The highest BCUT2D eigenvalue weighted by Gasteiger charge is 2.44. The third-order valence-electron chi connectivity index (χ3n) is 1.98. The number of aliphatic hydroxyl groups is 1. The molecule has 4 heteroatoms. The van der Waals surface area contributed by atoms with E-state index < -0.39 is 20.7 Å². The molecule has 0 aromatic heterocycles. The highest BCUT2D eigenvalue weighted by Crippen LogP contribution is 2.31. The second-order valence-electron chi connectivity index (χ2n) is 3.40. The van der Waals surface area contributed by atoms with Gasteiger partial charge in [0.25, 0.3) is 0 Å². The number of rotatable bonds is 0. The minimum Gasteiger partial charge on any atom is -0.392 e. The molecule has 1 aliphatic heterocycles. The van der Waals surface area contributed by atoms with Crippen molar-refractivity contribution < 1.29 is 13.5 Å². The highest BCUT2D eigenvalue weighted by atomic mass is 32.2. The van der Waals surface area contributed by atoms with Gasteiger partial charge in [0.15, 0.2) is 9.84 Å². The van der Waals surface area contributed by atoms with Crippen LogP contribution in [-0.2, 0) is 9.84 Å². The first-order chi connectivity index (χ1) is 4.35. The summed E-state index contributed by atoms with van der Waals surface area (Å²) in [5, 5.41) is 9.02. The van der Waals surface area contributed by atoms with Gasteiger partial charge in [0, 0.05) is 0 Å². The van der Waals surface area contributed by atoms with Gasteiger partial charge in [-0.1, -0.05) is 0 Å². The Bertz CT molecular complexity index is 227. The van der Waals surface area contributed by atoms with E-state index >= 15 is 0 Å². The molecule has 0 saturated carbocycles. The summed E-state index contributed by atoms with van der Waals surface area (Å²) in [6.45, 7) is 3.30. The van der Waals surface area contributed by atoms with Crippen molar-refractivity contribution in [1.82, 2.24) is 0 Å². The molecule has 1 fully saturated rings. The van der Waals surface area contributed by atoms with Gasteiger partial charge in [-0.15, -0.1) is 0 Å². The zero-order valence-electron chi connectivity index (χ0n) is 6.16. The molecule has 1 N–H and O–H groups in total. The zero-order valence-corrected chi connectivity index (χ0v) is 6.98. The van der Waals surface area contributed by atoms with Gasteiger partial charge >= 0.3 is 0 Å². The summed E-state index contributed by atoms with van der Waals surface area (Å²) >= 11 is 0. The van der Waals surface area contributed by atoms with E-state index in [0.717, 1.165) is 0 Å². The molecule has 1 atom stereocenters. The van der Waals surface area contributed by atoms with Crippen molar-refractivity contribution in [3.63, 3.8) is 0 Å². The van der Waals surface area contributed by atoms with Crippen LogP contribution in [0, 0.1) is 0 Å². The van der Waals surface area contributed by atoms with Crippen LogP contribution >= 0.6 is 0 Å². The topological polar surface area (TPSA) is 54.4 Å². The lowest BCUT2D eigenvalue weighted by Gasteiger charge is -2.14. The molecule has 0 radical (unpaired) electrons. The van der Waals surface area contributed by atoms with Crippen molar-refractivity contribution in [3.05, 3.63) is 0 Å². The van der Waals surface area contributed by atoms with Crippen LogP contribution < -0.4 is 0 Å². The molecule has 1 saturated heterocycles. The predicted octanol–water partition coefficient (Wildman–Crippen LogP) is -0.0556. The van der Waals surface area contributed by atoms with Gasteiger partial charge in [-0.25, -0.2) is 8.42 Å². The monoisotopic (exact) mass is 164 g/mol. The van der Waals surface area contributed by atoms with E-state index in [0.29, 0.717) is 6.42 Å². The summed E-state index contributed by atoms with van der Waals surface area (Å²) in [5.41, 5.74) is 0. The molecule has 0 aromatic rings. The number of sulfone groups is 1. The quantitative estimate of drug-likeness (QED) is 0.546. The fourth-order valence-electron chi connectivity index (χ4n) is 1.23. The lowest BCUT2D eigenvalue weighted by atomic mass is 10.1. The van der Waals surface area contributed by atoms with Crippen LogP contribution in [0.2, 0.25) is 0 Å². The van der Waals surface area contributed by atoms with E-state index in [2.05, 4.69) is 0 Å². The van der Waals surface area contributed by atoms with Crippen molar-refractivity contribution >= 4 is 9.84 Å². The Balaban J connectivity index is 3.01. The van der Waals surface area contributed by atoms with Crippen molar-refractivity contribution in [2.24, 2.45) is 0 Å². The smallest absolute Gasteiger partial charge is 0.158 e. The summed E-state index contributed by atoms with van der Waals surface area (Å²) in [5.74, 6) is -0.0694. The molecule has 1 aliphatic rings. The van der Waals surface area contributed by atoms with Crippen molar-refractivity contribution in [1.29, 1.82) is 0 Å². The van der Waals surface area contributed by atoms with Gasteiger partial charge in [0.1, 0.15) is 0 Å². The molecule has 3 nitrogen and oxygen atoms in total. The first-order valence-corrected chi connectivity index (χ1v) is 4.91. The SMILES string of the molecule is CC1(C)CC(O)CS1(=O)=O. The van der Waals surface area contributed by atoms with Gasteiger partial charge in [0.05, 0.1) is 16.6 Å². The predicted molar refractivity (Wildman–Crippen MR) is 38.5 cm³/mol. The van der Waals surface area contributed by atoms with Crippen LogP contribution in [0.15, 0.2) is 0 Å². The lowest BCUT2D eigenvalue weighted by molar-refractivity contribution is 0.189. The zero-order chi connectivity index (χ0) is 7.99. The van der Waals surface area contributed by atoms with E-state index in [4.69, 9.17) is 5.11 Å². The van der Waals surface area contributed by atoms with Crippen LogP contribution in [0.25, 0.3) is 0 Å². The first-order valence-electron chi connectivity index (χ1n) is 3.25. The second kappa shape index (κ2) is 1.95. The maximum Gasteiger partial charge on any atom is 0.158 e. The number of hydrogen-bond donors (Lipinski definition) is 1. The summed E-state index contributed by atoms with van der Waals surface area (Å²) < 4.78 is 21.6. The maximum atomic E-state index is 11.1. The van der Waals surface area contributed by atoms with Crippen LogP contribution in [-0.4, -0.2) is 30.1 Å². The standard InChI is InChI=1S/C6H12O3S/c1-6(2)3-5(7)4-10(6,8)9/h5,7H,3-4H2,1-2H3. The summed E-state index contributed by atoms with van der Waals surface area (Å²) in [4.78, 5) is 0. The minimum atomic E-state index is -3.02. The van der Waals surface area contributed by atoms with E-state index in [1.54, 1.807) is 13.8 Å². The molecule has 0 bridgehead atoms. The third-order valence-corrected chi connectivity index (χ3v) is 4.66. The molecule has 1 unspecified atom stereocenters. The Hall–Kier alpha value is -0.0900. The van der Waals surface area contributed by atoms with Crippen LogP contribution in [0.5, 0.6) is 0 Å². The molecule has 0 aliphatic carbocycles. The van der Waals surface area contributed by atoms with Crippen LogP contribution in [0.3, 0.4) is 0 Å². The Kier molecular flexibility index (Phi) is 1.56. The largest absolute Gasteiger partial charge is 0.392 e. The Labute approximate surface area is 61.0 Å². The van der Waals surface area contributed by atoms with Gasteiger partial charge in [-0.05, 0) is 20.3 Å². The molecule has 1 heterocycles. The molecule has 0 amide bonds. The highest BCUT2D eigenvalue weighted by molar-refractivity contribution is 7.93. The molecule has 0 aromatic carbocycles. The van der Waals surface area contributed by atoms with Crippen LogP contribution in [0.1, 0.15) is 20.3 Å². The molecular formula is C6H12O3S. The van der Waals surface area contributed by atoms with E-state index in [1.807, 2.05) is 0 Å². The minimum absolute atomic E-state index is 0.0694. The summed E-state index contributed by atoms with van der Waals surface area (Å²) in [7, 11) is -3.02. The molecule has 1 rings (SSSR count). The molecular weight excluding hydrogens is 152 g/mol. The second-order valence-corrected chi connectivity index (χ2v) is 6.07. The van der Waals surface area contributed by atoms with Gasteiger partial charge < -0.3 is 5.11 Å². The average molecular weight is 164 g/mol. The van der Waals surface area contributed by atoms with Gasteiger partial charge in [-0.2, -0.15) is 0 Å². The Morgan fingerprint density at radius 1 is 1.50 bits per heavy atom. The lowest BCUT2D eigenvalue weighted by Crippen LogP contribution is -2.26. The fraction of sp³-hybridized carbons (Fsp3) is 1.00. The molecule has 60 valence electrons. The Morgan fingerprint density at radius 3 is 2.10 bits per heavy atom. The van der Waals surface area contributed by atoms with Gasteiger partial charge in [0.2, 0.25) is 0 Å². The van der Waals surface area contributed by atoms with Crippen molar-refractivity contribution in [2.75, 3.05) is 5.75 Å².